The zero-order chi connectivity index (χ0) is 19.8. The Morgan fingerprint density at radius 2 is 2.04 bits per heavy atom. The number of nitrogens with two attached hydrogens (primary N) is 1. The summed E-state index contributed by atoms with van der Waals surface area (Å²) >= 11 is 0. The summed E-state index contributed by atoms with van der Waals surface area (Å²) < 4.78 is 10.9. The van der Waals surface area contributed by atoms with Crippen LogP contribution in [0.1, 0.15) is 44.7 Å². The minimum atomic E-state index is -0.241. The van der Waals surface area contributed by atoms with Gasteiger partial charge in [0.25, 0.3) is 0 Å². The van der Waals surface area contributed by atoms with E-state index in [0.717, 1.165) is 29.7 Å². The van der Waals surface area contributed by atoms with Gasteiger partial charge in [-0.2, -0.15) is 0 Å². The summed E-state index contributed by atoms with van der Waals surface area (Å²) in [6.45, 7) is 10.1. The van der Waals surface area contributed by atoms with Crippen LogP contribution in [0, 0.1) is 6.92 Å². The molecule has 2 rings (SSSR count). The number of carbonyl (C=O) groups excluding carboxylic acids is 1. The van der Waals surface area contributed by atoms with Crippen molar-refractivity contribution in [3.8, 4) is 5.75 Å². The van der Waals surface area contributed by atoms with Gasteiger partial charge in [0.15, 0.2) is 5.96 Å². The third-order valence-corrected chi connectivity index (χ3v) is 4.38. The lowest BCUT2D eigenvalue weighted by Crippen LogP contribution is -2.48. The zero-order valence-electron chi connectivity index (χ0n) is 17.2. The Labute approximate surface area is 185 Å². The minimum Gasteiger partial charge on any atom is -0.491 e. The van der Waals surface area contributed by atoms with Crippen molar-refractivity contribution in [2.45, 2.75) is 59.2 Å². The van der Waals surface area contributed by atoms with Crippen LogP contribution in [0.5, 0.6) is 5.75 Å². The number of nitrogens with one attached hydrogen (secondary N) is 1. The highest BCUT2D eigenvalue weighted by Crippen LogP contribution is 2.22. The quantitative estimate of drug-likeness (QED) is 0.352. The monoisotopic (exact) mass is 504 g/mol. The Morgan fingerprint density at radius 3 is 2.64 bits per heavy atom. The number of likely N-dealkylation sites (tertiary alicyclic amines) is 1. The lowest BCUT2D eigenvalue weighted by Gasteiger charge is -2.31. The van der Waals surface area contributed by atoms with Crippen LogP contribution in [0.2, 0.25) is 0 Å². The van der Waals surface area contributed by atoms with Crippen molar-refractivity contribution in [1.29, 1.82) is 0 Å². The van der Waals surface area contributed by atoms with Crippen LogP contribution in [0.25, 0.3) is 0 Å². The van der Waals surface area contributed by atoms with Crippen molar-refractivity contribution in [3.05, 3.63) is 29.3 Å². The van der Waals surface area contributed by atoms with Gasteiger partial charge in [0.1, 0.15) is 5.75 Å². The molecule has 1 aromatic rings. The zero-order valence-corrected chi connectivity index (χ0v) is 19.6. The average molecular weight is 504 g/mol. The largest absolute Gasteiger partial charge is 0.491 e. The smallest absolute Gasteiger partial charge is 0.409 e. The molecule has 8 heteroatoms. The fourth-order valence-electron chi connectivity index (χ4n) is 3.00. The Balaban J connectivity index is 0.00000392. The van der Waals surface area contributed by atoms with Crippen molar-refractivity contribution in [1.82, 2.24) is 10.2 Å². The van der Waals surface area contributed by atoms with Crippen LogP contribution in [-0.2, 0) is 11.3 Å². The molecule has 7 nitrogen and oxygen atoms in total. The molecule has 1 amide bonds. The van der Waals surface area contributed by atoms with Gasteiger partial charge in [-0.1, -0.05) is 12.1 Å². The number of nitrogens with zero attached hydrogens (tertiary/aromatic N) is 2. The fourth-order valence-corrected chi connectivity index (χ4v) is 3.00. The molecule has 0 saturated carbocycles. The molecular weight excluding hydrogens is 471 g/mol. The molecular formula is C20H33IN4O3. The molecule has 0 radical (unpaired) electrons. The molecule has 0 unspecified atom stereocenters. The molecule has 0 aliphatic carbocycles. The molecule has 3 N–H and O–H groups in total. The van der Waals surface area contributed by atoms with Crippen LogP contribution in [0.3, 0.4) is 0 Å². The number of aliphatic imine (C=N–C) groups is 1. The van der Waals surface area contributed by atoms with E-state index in [1.165, 1.54) is 0 Å². The standard InChI is InChI=1S/C20H32N4O3.HI/c1-5-26-20(25)24-10-8-17(9-11-24)23-19(21)22-13-16-7-6-15(4)12-18(16)27-14(2)3;/h6-7,12,14,17H,5,8-11,13H2,1-4H3,(H3,21,22,23);1H. The second-order valence-corrected chi connectivity index (χ2v) is 7.08. The van der Waals surface area contributed by atoms with Gasteiger partial charge in [-0.25, -0.2) is 9.79 Å². The molecule has 0 atom stereocenters. The molecule has 1 aliphatic heterocycles. The molecule has 0 aromatic heterocycles. The predicted molar refractivity (Wildman–Crippen MR) is 122 cm³/mol. The lowest BCUT2D eigenvalue weighted by molar-refractivity contribution is 0.0963. The average Bonchev–Trinajstić information content (AvgIpc) is 2.61. The molecule has 1 fully saturated rings. The number of carbonyl (C=O) groups is 1. The maximum Gasteiger partial charge on any atom is 0.409 e. The number of piperidine rings is 1. The summed E-state index contributed by atoms with van der Waals surface area (Å²) in [5.74, 6) is 1.27. The summed E-state index contributed by atoms with van der Waals surface area (Å²) in [6.07, 6.45) is 1.51. The van der Waals surface area contributed by atoms with E-state index < -0.39 is 0 Å². The van der Waals surface area contributed by atoms with Gasteiger partial charge in [-0.3, -0.25) is 0 Å². The Morgan fingerprint density at radius 1 is 1.36 bits per heavy atom. The summed E-state index contributed by atoms with van der Waals surface area (Å²) in [4.78, 5) is 17.9. The van der Waals surface area contributed by atoms with E-state index in [1.54, 1.807) is 4.90 Å². The van der Waals surface area contributed by atoms with Crippen LogP contribution in [-0.4, -0.2) is 48.8 Å². The van der Waals surface area contributed by atoms with Crippen molar-refractivity contribution in [2.24, 2.45) is 10.7 Å². The number of hydrogen-bond donors (Lipinski definition) is 2. The molecule has 1 heterocycles. The van der Waals surface area contributed by atoms with E-state index >= 15 is 0 Å². The van der Waals surface area contributed by atoms with Gasteiger partial charge in [0.05, 0.1) is 19.3 Å². The van der Waals surface area contributed by atoms with Gasteiger partial charge in [0, 0.05) is 24.7 Å². The van der Waals surface area contributed by atoms with Gasteiger partial charge in [-0.05, 0) is 52.2 Å². The maximum absolute atomic E-state index is 11.7. The number of amides is 1. The molecule has 158 valence electrons. The molecule has 28 heavy (non-hydrogen) atoms. The first-order valence-electron chi connectivity index (χ1n) is 9.63. The summed E-state index contributed by atoms with van der Waals surface area (Å²) in [5, 5.41) is 3.26. The number of benzene rings is 1. The van der Waals surface area contributed by atoms with Crippen LogP contribution in [0.4, 0.5) is 4.79 Å². The number of hydrogen-bond acceptors (Lipinski definition) is 4. The fraction of sp³-hybridized carbons (Fsp3) is 0.600. The third kappa shape index (κ3) is 7.73. The summed E-state index contributed by atoms with van der Waals surface area (Å²) in [7, 11) is 0. The minimum absolute atomic E-state index is 0. The maximum atomic E-state index is 11.7. The van der Waals surface area contributed by atoms with Crippen LogP contribution >= 0.6 is 24.0 Å². The number of rotatable bonds is 6. The first-order chi connectivity index (χ1) is 12.9. The van der Waals surface area contributed by atoms with Crippen LogP contribution in [0.15, 0.2) is 23.2 Å². The van der Waals surface area contributed by atoms with Gasteiger partial charge < -0.3 is 25.4 Å². The van der Waals surface area contributed by atoms with E-state index in [1.807, 2.05) is 45.9 Å². The normalized spacial score (nSPS) is 15.2. The second-order valence-electron chi connectivity index (χ2n) is 7.08. The topological polar surface area (TPSA) is 89.2 Å². The Hall–Kier alpha value is -1.71. The number of halogens is 1. The summed E-state index contributed by atoms with van der Waals surface area (Å²) in [5.41, 5.74) is 8.23. The highest BCUT2D eigenvalue weighted by molar-refractivity contribution is 14.0. The summed E-state index contributed by atoms with van der Waals surface area (Å²) in [6, 6.07) is 6.32. The molecule has 1 saturated heterocycles. The van der Waals surface area contributed by atoms with Crippen molar-refractivity contribution < 1.29 is 14.3 Å². The van der Waals surface area contributed by atoms with E-state index in [-0.39, 0.29) is 42.2 Å². The van der Waals surface area contributed by atoms with Gasteiger partial charge >= 0.3 is 6.09 Å². The van der Waals surface area contributed by atoms with Crippen molar-refractivity contribution in [2.75, 3.05) is 19.7 Å². The number of ether oxygens (including phenoxy) is 2. The highest BCUT2D eigenvalue weighted by Gasteiger charge is 2.23. The molecule has 0 bridgehead atoms. The first kappa shape index (κ1) is 24.3. The van der Waals surface area contributed by atoms with Gasteiger partial charge in [-0.15, -0.1) is 24.0 Å². The third-order valence-electron chi connectivity index (χ3n) is 4.38. The van der Waals surface area contributed by atoms with E-state index in [0.29, 0.717) is 32.2 Å². The predicted octanol–water partition coefficient (Wildman–Crippen LogP) is 3.43. The SMILES string of the molecule is CCOC(=O)N1CCC(NC(N)=NCc2ccc(C)cc2OC(C)C)CC1.I. The van der Waals surface area contributed by atoms with E-state index in [2.05, 4.69) is 10.3 Å². The Bertz CT molecular complexity index is 659. The highest BCUT2D eigenvalue weighted by atomic mass is 127. The van der Waals surface area contributed by atoms with Gasteiger partial charge in [0.2, 0.25) is 0 Å². The number of aryl methyl sites for hydroxylation is 1. The van der Waals surface area contributed by atoms with Crippen molar-refractivity contribution in [3.63, 3.8) is 0 Å². The molecule has 1 aromatic carbocycles. The first-order valence-corrected chi connectivity index (χ1v) is 9.63. The molecule has 1 aliphatic rings. The number of guanidine groups is 1. The van der Waals surface area contributed by atoms with Crippen molar-refractivity contribution >= 4 is 36.0 Å². The van der Waals surface area contributed by atoms with E-state index in [4.69, 9.17) is 15.2 Å². The second kappa shape index (κ2) is 12.0. The Kier molecular flexibility index (Phi) is 10.4. The molecule has 0 spiro atoms. The van der Waals surface area contributed by atoms with Crippen LogP contribution < -0.4 is 15.8 Å². The van der Waals surface area contributed by atoms with E-state index in [9.17, 15) is 4.79 Å². The lowest BCUT2D eigenvalue weighted by atomic mass is 10.1.